The molecule has 0 aliphatic heterocycles. The molecule has 2 rings (SSSR count). The first-order valence-electron chi connectivity index (χ1n) is 7.55. The molecule has 0 saturated heterocycles. The summed E-state index contributed by atoms with van der Waals surface area (Å²) in [6.45, 7) is 9.42. The molecule has 1 heterocycles. The fraction of sp³-hybridized carbons (Fsp3) is 0.471. The topological polar surface area (TPSA) is 29.9 Å². The third kappa shape index (κ3) is 3.91. The Labute approximate surface area is 126 Å². The minimum absolute atomic E-state index is 0.186. The molecular weight excluding hydrogens is 265 g/mol. The van der Waals surface area contributed by atoms with E-state index in [0.29, 0.717) is 5.92 Å². The zero-order valence-corrected chi connectivity index (χ0v) is 13.2. The zero-order valence-electron chi connectivity index (χ0n) is 13.2. The second-order valence-electron chi connectivity index (χ2n) is 5.79. The summed E-state index contributed by atoms with van der Waals surface area (Å²) < 4.78 is 15.0. The predicted octanol–water partition coefficient (Wildman–Crippen LogP) is 4.09. The Balaban J connectivity index is 2.14. The molecular formula is C17H24FN3. The maximum Gasteiger partial charge on any atom is 0.123 e. The highest BCUT2D eigenvalue weighted by Crippen LogP contribution is 2.25. The molecule has 1 N–H and O–H groups in total. The summed E-state index contributed by atoms with van der Waals surface area (Å²) in [6, 6.07) is 7.14. The van der Waals surface area contributed by atoms with Crippen molar-refractivity contribution in [2.75, 3.05) is 0 Å². The second kappa shape index (κ2) is 6.85. The van der Waals surface area contributed by atoms with E-state index in [1.54, 1.807) is 0 Å². The largest absolute Gasteiger partial charge is 0.303 e. The SMILES string of the molecule is CCn1cc(C(C)NC(c2ccc(F)cc2)C(C)C)cn1. The summed E-state index contributed by atoms with van der Waals surface area (Å²) in [4.78, 5) is 0. The van der Waals surface area contributed by atoms with Crippen molar-refractivity contribution in [2.24, 2.45) is 5.92 Å². The van der Waals surface area contributed by atoms with Crippen LogP contribution >= 0.6 is 0 Å². The third-order valence-corrected chi connectivity index (χ3v) is 3.80. The van der Waals surface area contributed by atoms with Crippen molar-refractivity contribution >= 4 is 0 Å². The number of aryl methyl sites for hydroxylation is 1. The number of nitrogens with zero attached hydrogens (tertiary/aromatic N) is 2. The Morgan fingerprint density at radius 3 is 2.33 bits per heavy atom. The molecule has 0 amide bonds. The van der Waals surface area contributed by atoms with Crippen LogP contribution in [0.5, 0.6) is 0 Å². The molecule has 0 aliphatic rings. The summed E-state index contributed by atoms with van der Waals surface area (Å²) >= 11 is 0. The molecule has 2 aromatic rings. The minimum atomic E-state index is -0.196. The lowest BCUT2D eigenvalue weighted by atomic mass is 9.94. The molecule has 0 fully saturated rings. The number of nitrogens with one attached hydrogen (secondary N) is 1. The van der Waals surface area contributed by atoms with E-state index >= 15 is 0 Å². The highest BCUT2D eigenvalue weighted by Gasteiger charge is 2.19. The van der Waals surface area contributed by atoms with E-state index in [9.17, 15) is 4.39 Å². The van der Waals surface area contributed by atoms with Crippen molar-refractivity contribution in [3.63, 3.8) is 0 Å². The van der Waals surface area contributed by atoms with Gasteiger partial charge in [-0.2, -0.15) is 5.10 Å². The van der Waals surface area contributed by atoms with Gasteiger partial charge in [-0.25, -0.2) is 4.39 Å². The molecule has 2 atom stereocenters. The summed E-state index contributed by atoms with van der Waals surface area (Å²) in [6.07, 6.45) is 3.98. The first-order valence-corrected chi connectivity index (χ1v) is 7.55. The van der Waals surface area contributed by atoms with E-state index in [1.165, 1.54) is 17.7 Å². The Kier molecular flexibility index (Phi) is 5.12. The average molecular weight is 289 g/mol. The summed E-state index contributed by atoms with van der Waals surface area (Å²) in [5.41, 5.74) is 2.28. The lowest BCUT2D eigenvalue weighted by molar-refractivity contribution is 0.374. The standard InChI is InChI=1S/C17H24FN3/c1-5-21-11-15(10-19-21)13(4)20-17(12(2)3)14-6-8-16(18)9-7-14/h6-13,17,20H,5H2,1-4H3. The Bertz CT molecular complexity index is 560. The second-order valence-corrected chi connectivity index (χ2v) is 5.79. The molecule has 0 aliphatic carbocycles. The van der Waals surface area contributed by atoms with Gasteiger partial charge < -0.3 is 5.32 Å². The van der Waals surface area contributed by atoms with Crippen LogP contribution in [0.25, 0.3) is 0 Å². The van der Waals surface area contributed by atoms with Gasteiger partial charge in [-0.3, -0.25) is 4.68 Å². The van der Waals surface area contributed by atoms with Crippen LogP contribution in [0.2, 0.25) is 0 Å². The lowest BCUT2D eigenvalue weighted by Crippen LogP contribution is -2.28. The quantitative estimate of drug-likeness (QED) is 0.868. The van der Waals surface area contributed by atoms with E-state index in [1.807, 2.05) is 23.0 Å². The summed E-state index contributed by atoms with van der Waals surface area (Å²) in [5, 5.41) is 7.95. The van der Waals surface area contributed by atoms with Gasteiger partial charge in [-0.05, 0) is 37.5 Å². The molecule has 0 bridgehead atoms. The van der Waals surface area contributed by atoms with Gasteiger partial charge in [0.1, 0.15) is 5.82 Å². The van der Waals surface area contributed by atoms with E-state index < -0.39 is 0 Å². The maximum atomic E-state index is 13.1. The smallest absolute Gasteiger partial charge is 0.123 e. The molecule has 1 aromatic carbocycles. The van der Waals surface area contributed by atoms with Gasteiger partial charge in [0.25, 0.3) is 0 Å². The Hall–Kier alpha value is -1.68. The number of rotatable bonds is 6. The van der Waals surface area contributed by atoms with Crippen molar-refractivity contribution in [1.29, 1.82) is 0 Å². The molecule has 4 heteroatoms. The molecule has 3 nitrogen and oxygen atoms in total. The van der Waals surface area contributed by atoms with Gasteiger partial charge in [0.05, 0.1) is 6.20 Å². The van der Waals surface area contributed by atoms with Crippen molar-refractivity contribution in [2.45, 2.75) is 46.3 Å². The van der Waals surface area contributed by atoms with Crippen molar-refractivity contribution in [3.8, 4) is 0 Å². The number of hydrogen-bond donors (Lipinski definition) is 1. The monoisotopic (exact) mass is 289 g/mol. The van der Waals surface area contributed by atoms with Crippen LogP contribution in [-0.4, -0.2) is 9.78 Å². The molecule has 21 heavy (non-hydrogen) atoms. The van der Waals surface area contributed by atoms with Crippen LogP contribution in [0.3, 0.4) is 0 Å². The van der Waals surface area contributed by atoms with Crippen LogP contribution in [-0.2, 0) is 6.54 Å². The molecule has 0 saturated carbocycles. The number of aromatic nitrogens is 2. The van der Waals surface area contributed by atoms with Crippen molar-refractivity contribution in [3.05, 3.63) is 53.6 Å². The maximum absolute atomic E-state index is 13.1. The van der Waals surface area contributed by atoms with Crippen LogP contribution in [0, 0.1) is 11.7 Å². The van der Waals surface area contributed by atoms with Crippen LogP contribution < -0.4 is 5.32 Å². The zero-order chi connectivity index (χ0) is 15.4. The highest BCUT2D eigenvalue weighted by molar-refractivity contribution is 5.21. The minimum Gasteiger partial charge on any atom is -0.303 e. The molecule has 2 unspecified atom stereocenters. The van der Waals surface area contributed by atoms with Gasteiger partial charge in [0, 0.05) is 30.4 Å². The van der Waals surface area contributed by atoms with Crippen LogP contribution in [0.1, 0.15) is 50.9 Å². The number of halogens is 1. The molecule has 0 radical (unpaired) electrons. The average Bonchev–Trinajstić information content (AvgIpc) is 2.94. The normalized spacial score (nSPS) is 14.4. The molecule has 114 valence electrons. The Morgan fingerprint density at radius 2 is 1.81 bits per heavy atom. The lowest BCUT2D eigenvalue weighted by Gasteiger charge is -2.26. The van der Waals surface area contributed by atoms with E-state index in [-0.39, 0.29) is 17.9 Å². The van der Waals surface area contributed by atoms with Gasteiger partial charge >= 0.3 is 0 Å². The van der Waals surface area contributed by atoms with Gasteiger partial charge in [-0.15, -0.1) is 0 Å². The first kappa shape index (κ1) is 15.7. The van der Waals surface area contributed by atoms with Gasteiger partial charge in [-0.1, -0.05) is 26.0 Å². The van der Waals surface area contributed by atoms with Crippen molar-refractivity contribution < 1.29 is 4.39 Å². The summed E-state index contributed by atoms with van der Waals surface area (Å²) in [5.74, 6) is 0.220. The number of benzene rings is 1. The van der Waals surface area contributed by atoms with Crippen LogP contribution in [0.15, 0.2) is 36.7 Å². The predicted molar refractivity (Wildman–Crippen MR) is 83.4 cm³/mol. The van der Waals surface area contributed by atoms with Crippen molar-refractivity contribution in [1.82, 2.24) is 15.1 Å². The van der Waals surface area contributed by atoms with E-state index in [4.69, 9.17) is 0 Å². The van der Waals surface area contributed by atoms with E-state index in [0.717, 1.165) is 12.1 Å². The van der Waals surface area contributed by atoms with E-state index in [2.05, 4.69) is 44.3 Å². The first-order chi connectivity index (χ1) is 10.0. The van der Waals surface area contributed by atoms with Gasteiger partial charge in [0.2, 0.25) is 0 Å². The third-order valence-electron chi connectivity index (χ3n) is 3.80. The molecule has 0 spiro atoms. The highest BCUT2D eigenvalue weighted by atomic mass is 19.1. The molecule has 1 aromatic heterocycles. The van der Waals surface area contributed by atoms with Gasteiger partial charge in [0.15, 0.2) is 0 Å². The fourth-order valence-corrected chi connectivity index (χ4v) is 2.49. The number of hydrogen-bond acceptors (Lipinski definition) is 2. The fourth-order valence-electron chi connectivity index (χ4n) is 2.49. The summed E-state index contributed by atoms with van der Waals surface area (Å²) in [7, 11) is 0. The van der Waals surface area contributed by atoms with Crippen LogP contribution in [0.4, 0.5) is 4.39 Å². The Morgan fingerprint density at radius 1 is 1.14 bits per heavy atom.